The van der Waals surface area contributed by atoms with E-state index in [4.69, 9.17) is 0 Å². The topological polar surface area (TPSA) is 73.7 Å². The number of fused-ring (bicyclic) bond motifs is 1. The Hall–Kier alpha value is -2.71. The smallest absolute Gasteiger partial charge is 0.251 e. The number of carbonyl (C=O) groups excluding carboxylic acids is 2. The van der Waals surface area contributed by atoms with Crippen molar-refractivity contribution in [2.75, 3.05) is 50.7 Å². The summed E-state index contributed by atoms with van der Waals surface area (Å²) in [6.45, 7) is 12.2. The summed E-state index contributed by atoms with van der Waals surface area (Å²) in [7, 11) is 0. The first-order valence-electron chi connectivity index (χ1n) is 11.2. The van der Waals surface area contributed by atoms with Gasteiger partial charge in [0.2, 0.25) is 5.91 Å². The fourth-order valence-corrected chi connectivity index (χ4v) is 4.25. The van der Waals surface area contributed by atoms with Crippen molar-refractivity contribution in [3.05, 3.63) is 47.2 Å². The van der Waals surface area contributed by atoms with Crippen molar-refractivity contribution in [1.29, 1.82) is 0 Å². The van der Waals surface area contributed by atoms with E-state index in [1.807, 2.05) is 41.9 Å². The van der Waals surface area contributed by atoms with Gasteiger partial charge in [-0.3, -0.25) is 19.4 Å². The van der Waals surface area contributed by atoms with Crippen molar-refractivity contribution < 1.29 is 9.59 Å². The van der Waals surface area contributed by atoms with Crippen molar-refractivity contribution in [2.24, 2.45) is 0 Å². The van der Waals surface area contributed by atoms with E-state index in [-0.39, 0.29) is 11.8 Å². The average molecular weight is 425 g/mol. The maximum Gasteiger partial charge on any atom is 0.251 e. The summed E-state index contributed by atoms with van der Waals surface area (Å²) in [6, 6.07) is 9.47. The number of anilines is 1. The van der Waals surface area contributed by atoms with Crippen LogP contribution in [0.4, 0.5) is 5.82 Å². The quantitative estimate of drug-likeness (QED) is 0.729. The summed E-state index contributed by atoms with van der Waals surface area (Å²) in [4.78, 5) is 31.6. The number of piperazine rings is 1. The molecule has 0 unspecified atom stereocenters. The zero-order chi connectivity index (χ0) is 21.8. The van der Waals surface area contributed by atoms with Crippen molar-refractivity contribution in [3.63, 3.8) is 0 Å². The van der Waals surface area contributed by atoms with Crippen LogP contribution in [0.25, 0.3) is 0 Å². The summed E-state index contributed by atoms with van der Waals surface area (Å²) < 4.78 is 1.89. The molecule has 31 heavy (non-hydrogen) atoms. The molecule has 0 aliphatic carbocycles. The van der Waals surface area contributed by atoms with Gasteiger partial charge in [-0.15, -0.1) is 0 Å². The predicted octanol–water partition coefficient (Wildman–Crippen LogP) is 1.50. The highest BCUT2D eigenvalue weighted by atomic mass is 16.2. The molecule has 2 aliphatic heterocycles. The minimum atomic E-state index is -0.0542. The maximum atomic E-state index is 12.5. The third kappa shape index (κ3) is 5.14. The Kier molecular flexibility index (Phi) is 6.67. The molecule has 166 valence electrons. The van der Waals surface area contributed by atoms with E-state index in [2.05, 4.69) is 27.1 Å². The van der Waals surface area contributed by atoms with Crippen LogP contribution in [0.15, 0.2) is 30.3 Å². The minimum Gasteiger partial charge on any atom is -0.351 e. The van der Waals surface area contributed by atoms with Crippen LogP contribution in [0.2, 0.25) is 0 Å². The maximum absolute atomic E-state index is 12.5. The van der Waals surface area contributed by atoms with Crippen LogP contribution in [0.3, 0.4) is 0 Å². The molecule has 4 rings (SSSR count). The highest BCUT2D eigenvalue weighted by molar-refractivity contribution is 5.95. The van der Waals surface area contributed by atoms with E-state index in [1.165, 1.54) is 0 Å². The molecule has 3 heterocycles. The third-order valence-electron chi connectivity index (χ3n) is 6.18. The van der Waals surface area contributed by atoms with Gasteiger partial charge in [0, 0.05) is 57.3 Å². The van der Waals surface area contributed by atoms with E-state index in [9.17, 15) is 9.59 Å². The van der Waals surface area contributed by atoms with Gasteiger partial charge in [0.15, 0.2) is 0 Å². The molecule has 2 aliphatic rings. The molecule has 1 fully saturated rings. The molecule has 2 aromatic rings. The summed E-state index contributed by atoms with van der Waals surface area (Å²) in [5.74, 6) is 0.894. The fraction of sp³-hybridized carbons (Fsp3) is 0.522. The molecule has 8 heteroatoms. The summed E-state index contributed by atoms with van der Waals surface area (Å²) >= 11 is 0. The predicted molar refractivity (Wildman–Crippen MR) is 120 cm³/mol. The van der Waals surface area contributed by atoms with Crippen LogP contribution in [0, 0.1) is 6.92 Å². The number of hydrogen-bond acceptors (Lipinski definition) is 5. The van der Waals surface area contributed by atoms with Crippen LogP contribution in [-0.4, -0.2) is 77.2 Å². The van der Waals surface area contributed by atoms with Crippen LogP contribution in [-0.2, 0) is 17.9 Å². The Balaban J connectivity index is 1.28. The van der Waals surface area contributed by atoms with Crippen molar-refractivity contribution >= 4 is 17.6 Å². The molecule has 1 N–H and O–H groups in total. The van der Waals surface area contributed by atoms with Gasteiger partial charge in [0.25, 0.3) is 5.91 Å². The lowest BCUT2D eigenvalue weighted by Crippen LogP contribution is -2.48. The van der Waals surface area contributed by atoms with E-state index < -0.39 is 0 Å². The molecule has 0 atom stereocenters. The fourth-order valence-electron chi connectivity index (χ4n) is 4.25. The number of aromatic nitrogens is 2. The average Bonchev–Trinajstić information content (AvgIpc) is 3.17. The number of likely N-dealkylation sites (N-methyl/N-ethyl adjacent to an activating group) is 1. The molecule has 1 aromatic heterocycles. The van der Waals surface area contributed by atoms with E-state index >= 15 is 0 Å². The van der Waals surface area contributed by atoms with Gasteiger partial charge >= 0.3 is 0 Å². The molecule has 1 aromatic carbocycles. The van der Waals surface area contributed by atoms with E-state index in [0.29, 0.717) is 31.6 Å². The third-order valence-corrected chi connectivity index (χ3v) is 6.18. The van der Waals surface area contributed by atoms with Gasteiger partial charge in [0.05, 0.1) is 18.8 Å². The monoisotopic (exact) mass is 424 g/mol. The second kappa shape index (κ2) is 9.62. The zero-order valence-corrected chi connectivity index (χ0v) is 18.5. The van der Waals surface area contributed by atoms with Gasteiger partial charge < -0.3 is 10.2 Å². The Morgan fingerprint density at radius 1 is 1.06 bits per heavy atom. The molecule has 0 saturated carbocycles. The largest absolute Gasteiger partial charge is 0.351 e. The SMILES string of the molecule is CCN1CCN(CCNC(=O)c2ccc(CN3C(=O)CCn4nc(C)cc43)cc2)CC1. The molecule has 0 bridgehead atoms. The van der Waals surface area contributed by atoms with Crippen LogP contribution < -0.4 is 10.2 Å². The Labute approximate surface area is 183 Å². The lowest BCUT2D eigenvalue weighted by Gasteiger charge is -2.33. The van der Waals surface area contributed by atoms with Crippen LogP contribution in [0.5, 0.6) is 0 Å². The Bertz CT molecular complexity index is 915. The molecule has 0 radical (unpaired) electrons. The standard InChI is InChI=1S/C23H32N6O2/c1-3-26-12-14-27(15-13-26)11-9-24-23(31)20-6-4-19(5-7-20)17-28-21-16-18(2)25-29(21)10-8-22(28)30/h4-7,16H,3,8-15,17H2,1-2H3,(H,24,31). The van der Waals surface area contributed by atoms with Crippen molar-refractivity contribution in [1.82, 2.24) is 24.9 Å². The molecular formula is C23H32N6O2. The number of nitrogens with zero attached hydrogens (tertiary/aromatic N) is 5. The number of nitrogens with one attached hydrogen (secondary N) is 1. The van der Waals surface area contributed by atoms with Gasteiger partial charge in [-0.25, -0.2) is 4.68 Å². The molecule has 1 saturated heterocycles. The number of amides is 2. The number of hydrogen-bond donors (Lipinski definition) is 1. The number of benzene rings is 1. The first-order chi connectivity index (χ1) is 15.0. The van der Waals surface area contributed by atoms with Gasteiger partial charge in [0.1, 0.15) is 5.82 Å². The van der Waals surface area contributed by atoms with Gasteiger partial charge in [-0.1, -0.05) is 19.1 Å². The number of aryl methyl sites for hydroxylation is 2. The molecule has 2 amide bonds. The molecular weight excluding hydrogens is 392 g/mol. The minimum absolute atomic E-state index is 0.0542. The van der Waals surface area contributed by atoms with Crippen molar-refractivity contribution in [3.8, 4) is 0 Å². The lowest BCUT2D eigenvalue weighted by molar-refractivity contribution is -0.119. The van der Waals surface area contributed by atoms with Gasteiger partial charge in [-0.05, 0) is 31.2 Å². The first kappa shape index (κ1) is 21.5. The molecule has 8 nitrogen and oxygen atoms in total. The second-order valence-electron chi connectivity index (χ2n) is 8.33. The van der Waals surface area contributed by atoms with Crippen LogP contribution in [0.1, 0.15) is 35.0 Å². The zero-order valence-electron chi connectivity index (χ0n) is 18.5. The summed E-state index contributed by atoms with van der Waals surface area (Å²) in [5, 5.41) is 7.47. The Morgan fingerprint density at radius 2 is 1.77 bits per heavy atom. The Morgan fingerprint density at radius 3 is 2.48 bits per heavy atom. The molecule has 0 spiro atoms. The highest BCUT2D eigenvalue weighted by Gasteiger charge is 2.25. The van der Waals surface area contributed by atoms with Gasteiger partial charge in [-0.2, -0.15) is 5.10 Å². The normalized spacial score (nSPS) is 17.6. The van der Waals surface area contributed by atoms with Crippen LogP contribution >= 0.6 is 0 Å². The lowest BCUT2D eigenvalue weighted by atomic mass is 10.1. The summed E-state index contributed by atoms with van der Waals surface area (Å²) in [6.07, 6.45) is 0.460. The number of rotatable bonds is 7. The second-order valence-corrected chi connectivity index (χ2v) is 8.33. The number of carbonyl (C=O) groups is 2. The van der Waals surface area contributed by atoms with Crippen molar-refractivity contribution in [2.45, 2.75) is 33.4 Å². The van der Waals surface area contributed by atoms with E-state index in [1.54, 1.807) is 4.90 Å². The first-order valence-corrected chi connectivity index (χ1v) is 11.2. The highest BCUT2D eigenvalue weighted by Crippen LogP contribution is 2.24. The summed E-state index contributed by atoms with van der Waals surface area (Å²) in [5.41, 5.74) is 2.55. The van der Waals surface area contributed by atoms with E-state index in [0.717, 1.165) is 56.3 Å².